The predicted octanol–water partition coefficient (Wildman–Crippen LogP) is 5.56. The van der Waals surface area contributed by atoms with Crippen molar-refractivity contribution in [3.05, 3.63) is 65.2 Å². The number of aromatic amines is 1. The van der Waals surface area contributed by atoms with Gasteiger partial charge in [-0.25, -0.2) is 4.98 Å². The zero-order valence-electron chi connectivity index (χ0n) is 17.4. The van der Waals surface area contributed by atoms with Crippen LogP contribution in [0.15, 0.2) is 51.5 Å². The van der Waals surface area contributed by atoms with Crippen LogP contribution in [0.2, 0.25) is 0 Å². The van der Waals surface area contributed by atoms with E-state index in [2.05, 4.69) is 20.4 Å². The molecule has 0 fully saturated rings. The molecular weight excluding hydrogens is 444 g/mol. The number of H-pyrrole nitrogens is 1. The number of hydrogen-bond donors (Lipinski definition) is 3. The first-order valence-electron chi connectivity index (χ1n) is 10.0. The summed E-state index contributed by atoms with van der Waals surface area (Å²) in [7, 11) is 0. The first-order valence-corrected chi connectivity index (χ1v) is 11.8. The molecule has 32 heavy (non-hydrogen) atoms. The standard InChI is InChI=1S/C23H20N4O3S2/c1-12-18(13(2)30-27-12)11-31-23-26-20-5-3-15(8-21(20)32-23)25-22(29)7-14-10-24-19-6-4-16(28)9-17(14)19/h3-6,8-10,24,28H,7,11H2,1-2H3,(H,25,29). The second-order valence-corrected chi connectivity index (χ2v) is 9.78. The monoisotopic (exact) mass is 464 g/mol. The quantitative estimate of drug-likeness (QED) is 0.284. The van der Waals surface area contributed by atoms with Gasteiger partial charge >= 0.3 is 0 Å². The first-order chi connectivity index (χ1) is 15.5. The third-order valence-corrected chi connectivity index (χ3v) is 7.46. The molecule has 5 aromatic rings. The van der Waals surface area contributed by atoms with Crippen LogP contribution < -0.4 is 5.32 Å². The number of thiazole rings is 1. The molecule has 7 nitrogen and oxygen atoms in total. The second-order valence-electron chi connectivity index (χ2n) is 7.52. The Hall–Kier alpha value is -3.30. The van der Waals surface area contributed by atoms with E-state index in [-0.39, 0.29) is 18.1 Å². The average molecular weight is 465 g/mol. The van der Waals surface area contributed by atoms with E-state index in [1.165, 1.54) is 0 Å². The minimum Gasteiger partial charge on any atom is -0.508 e. The third kappa shape index (κ3) is 4.09. The highest BCUT2D eigenvalue weighted by Gasteiger charge is 2.13. The molecule has 5 rings (SSSR count). The van der Waals surface area contributed by atoms with Gasteiger partial charge in [0.05, 0.1) is 22.3 Å². The van der Waals surface area contributed by atoms with Crippen LogP contribution in [0.4, 0.5) is 5.69 Å². The number of rotatable bonds is 6. The van der Waals surface area contributed by atoms with Crippen LogP contribution in [0.3, 0.4) is 0 Å². The number of carbonyl (C=O) groups is 1. The average Bonchev–Trinajstić information content (AvgIpc) is 3.44. The number of nitrogens with one attached hydrogen (secondary N) is 2. The van der Waals surface area contributed by atoms with E-state index in [1.807, 2.05) is 32.0 Å². The number of carbonyl (C=O) groups excluding carboxylic acids is 1. The molecule has 3 N–H and O–H groups in total. The number of anilines is 1. The van der Waals surface area contributed by atoms with Crippen molar-refractivity contribution in [2.75, 3.05) is 5.32 Å². The number of phenolic OH excluding ortho intramolecular Hbond substituents is 1. The Morgan fingerprint density at radius 3 is 2.94 bits per heavy atom. The van der Waals surface area contributed by atoms with E-state index in [0.717, 1.165) is 59.5 Å². The zero-order valence-corrected chi connectivity index (χ0v) is 19.1. The summed E-state index contributed by atoms with van der Waals surface area (Å²) in [5.74, 6) is 1.65. The van der Waals surface area contributed by atoms with Gasteiger partial charge in [0, 0.05) is 34.1 Å². The van der Waals surface area contributed by atoms with Gasteiger partial charge in [0.2, 0.25) is 5.91 Å². The molecular formula is C23H20N4O3S2. The van der Waals surface area contributed by atoms with E-state index in [0.29, 0.717) is 0 Å². The van der Waals surface area contributed by atoms with Crippen molar-refractivity contribution >= 4 is 55.8 Å². The zero-order chi connectivity index (χ0) is 22.2. The molecule has 0 atom stereocenters. The van der Waals surface area contributed by atoms with Gasteiger partial charge in [-0.1, -0.05) is 16.9 Å². The van der Waals surface area contributed by atoms with Crippen LogP contribution >= 0.6 is 23.1 Å². The SMILES string of the molecule is Cc1noc(C)c1CSc1nc2ccc(NC(=O)Cc3c[nH]c4ccc(O)cc34)cc2s1. The Morgan fingerprint density at radius 2 is 2.12 bits per heavy atom. The summed E-state index contributed by atoms with van der Waals surface area (Å²) >= 11 is 3.25. The normalized spacial score (nSPS) is 11.4. The maximum atomic E-state index is 12.6. The molecule has 0 radical (unpaired) electrons. The van der Waals surface area contributed by atoms with Gasteiger partial charge in [0.15, 0.2) is 4.34 Å². The molecule has 1 amide bonds. The smallest absolute Gasteiger partial charge is 0.228 e. The van der Waals surface area contributed by atoms with Gasteiger partial charge in [-0.15, -0.1) is 11.3 Å². The lowest BCUT2D eigenvalue weighted by Gasteiger charge is -2.05. The number of nitrogens with zero attached hydrogens (tertiary/aromatic N) is 2. The number of phenols is 1. The highest BCUT2D eigenvalue weighted by Crippen LogP contribution is 2.34. The summed E-state index contributed by atoms with van der Waals surface area (Å²) in [6, 6.07) is 10.8. The Kier molecular flexibility index (Phi) is 5.36. The molecule has 0 aliphatic rings. The van der Waals surface area contributed by atoms with Crippen molar-refractivity contribution in [3.8, 4) is 5.75 Å². The molecule has 0 saturated carbocycles. The Balaban J connectivity index is 1.28. The lowest BCUT2D eigenvalue weighted by molar-refractivity contribution is -0.115. The van der Waals surface area contributed by atoms with E-state index >= 15 is 0 Å². The van der Waals surface area contributed by atoms with Crippen molar-refractivity contribution in [1.29, 1.82) is 0 Å². The van der Waals surface area contributed by atoms with Crippen LogP contribution in [0, 0.1) is 13.8 Å². The summed E-state index contributed by atoms with van der Waals surface area (Å²) in [5, 5.41) is 17.5. The topological polar surface area (TPSA) is 104 Å². The lowest BCUT2D eigenvalue weighted by Crippen LogP contribution is -2.14. The summed E-state index contributed by atoms with van der Waals surface area (Å²) in [5.41, 5.74) is 5.38. The number of benzene rings is 2. The van der Waals surface area contributed by atoms with E-state index in [1.54, 1.807) is 47.5 Å². The van der Waals surface area contributed by atoms with E-state index < -0.39 is 0 Å². The van der Waals surface area contributed by atoms with Crippen molar-refractivity contribution in [2.24, 2.45) is 0 Å². The number of aromatic hydroxyl groups is 1. The van der Waals surface area contributed by atoms with Crippen molar-refractivity contribution in [2.45, 2.75) is 30.4 Å². The fourth-order valence-electron chi connectivity index (χ4n) is 3.58. The number of thioether (sulfide) groups is 1. The lowest BCUT2D eigenvalue weighted by atomic mass is 10.1. The van der Waals surface area contributed by atoms with Crippen LogP contribution in [0.25, 0.3) is 21.1 Å². The maximum Gasteiger partial charge on any atom is 0.228 e. The maximum absolute atomic E-state index is 12.6. The van der Waals surface area contributed by atoms with Crippen molar-refractivity contribution in [1.82, 2.24) is 15.1 Å². The number of hydrogen-bond acceptors (Lipinski definition) is 7. The second kappa shape index (κ2) is 8.33. The molecule has 0 aliphatic heterocycles. The molecule has 162 valence electrons. The van der Waals surface area contributed by atoms with Crippen LogP contribution in [0.1, 0.15) is 22.6 Å². The summed E-state index contributed by atoms with van der Waals surface area (Å²) in [4.78, 5) is 20.4. The summed E-state index contributed by atoms with van der Waals surface area (Å²) < 4.78 is 7.20. The van der Waals surface area contributed by atoms with Gasteiger partial charge < -0.3 is 19.9 Å². The summed E-state index contributed by atoms with van der Waals surface area (Å²) in [6.45, 7) is 3.86. The van der Waals surface area contributed by atoms with Crippen LogP contribution in [0.5, 0.6) is 5.75 Å². The highest BCUT2D eigenvalue weighted by atomic mass is 32.2. The third-order valence-electron chi connectivity index (χ3n) is 5.28. The number of aryl methyl sites for hydroxylation is 2. The molecule has 3 heterocycles. The Bertz CT molecular complexity index is 1430. The fraction of sp³-hybridized carbons (Fsp3) is 0.174. The van der Waals surface area contributed by atoms with Gasteiger partial charge in [-0.2, -0.15) is 0 Å². The van der Waals surface area contributed by atoms with Gasteiger partial charge in [-0.3, -0.25) is 4.79 Å². The van der Waals surface area contributed by atoms with Crippen molar-refractivity contribution < 1.29 is 14.4 Å². The molecule has 0 bridgehead atoms. The number of aromatic nitrogens is 3. The molecule has 0 unspecified atom stereocenters. The van der Waals surface area contributed by atoms with Crippen LogP contribution in [-0.2, 0) is 17.0 Å². The first kappa shape index (κ1) is 20.6. The fourth-order valence-corrected chi connectivity index (χ4v) is 5.84. The highest BCUT2D eigenvalue weighted by molar-refractivity contribution is 8.00. The van der Waals surface area contributed by atoms with Crippen molar-refractivity contribution in [3.63, 3.8) is 0 Å². The molecule has 9 heteroatoms. The molecule has 2 aromatic carbocycles. The minimum atomic E-state index is -0.119. The van der Waals surface area contributed by atoms with Crippen LogP contribution in [-0.4, -0.2) is 26.1 Å². The largest absolute Gasteiger partial charge is 0.508 e. The number of amides is 1. The van der Waals surface area contributed by atoms with Gasteiger partial charge in [-0.05, 0) is 55.8 Å². The van der Waals surface area contributed by atoms with E-state index in [9.17, 15) is 9.90 Å². The van der Waals surface area contributed by atoms with Gasteiger partial charge in [0.25, 0.3) is 0 Å². The molecule has 3 aromatic heterocycles. The van der Waals surface area contributed by atoms with Gasteiger partial charge in [0.1, 0.15) is 11.5 Å². The molecule has 0 saturated heterocycles. The molecule has 0 aliphatic carbocycles. The Morgan fingerprint density at radius 1 is 1.25 bits per heavy atom. The number of fused-ring (bicyclic) bond motifs is 2. The van der Waals surface area contributed by atoms with E-state index in [4.69, 9.17) is 4.52 Å². The summed E-state index contributed by atoms with van der Waals surface area (Å²) in [6.07, 6.45) is 2.02. The minimum absolute atomic E-state index is 0.119. The predicted molar refractivity (Wildman–Crippen MR) is 127 cm³/mol. The molecule has 0 spiro atoms. The Labute approximate surface area is 191 Å².